The second-order valence-corrected chi connectivity index (χ2v) is 8.29. The van der Waals surface area contributed by atoms with Crippen molar-refractivity contribution in [2.45, 2.75) is 44.4 Å². The highest BCUT2D eigenvalue weighted by molar-refractivity contribution is 5.93. The van der Waals surface area contributed by atoms with Gasteiger partial charge in [0.05, 0.1) is 6.33 Å². The van der Waals surface area contributed by atoms with E-state index in [-0.39, 0.29) is 36.6 Å². The average Bonchev–Trinajstić information content (AvgIpc) is 3.42. The minimum Gasteiger partial charge on any atom is -0.337 e. The SMILES string of the molecule is CC(C)n1cnc(C(=O)N2CC3C(C2)C3C(=O)N(C)C2(C(F)(F)F)CC2)c1. The molecular weight excluding hydrogens is 361 g/mol. The summed E-state index contributed by atoms with van der Waals surface area (Å²) in [4.78, 5) is 31.9. The van der Waals surface area contributed by atoms with Crippen LogP contribution in [0.1, 0.15) is 43.2 Å². The van der Waals surface area contributed by atoms with E-state index in [1.807, 2.05) is 18.4 Å². The number of fused-ring (bicyclic) bond motifs is 1. The fourth-order valence-corrected chi connectivity index (χ4v) is 4.31. The summed E-state index contributed by atoms with van der Waals surface area (Å²) in [6, 6.07) is 0.201. The third kappa shape index (κ3) is 2.73. The first kappa shape index (κ1) is 18.3. The highest BCUT2D eigenvalue weighted by Crippen LogP contribution is 2.57. The zero-order valence-electron chi connectivity index (χ0n) is 15.5. The molecule has 4 rings (SSSR count). The molecule has 1 aromatic rings. The predicted octanol–water partition coefficient (Wildman–Crippen LogP) is 2.34. The van der Waals surface area contributed by atoms with Gasteiger partial charge in [0.1, 0.15) is 11.2 Å². The smallest absolute Gasteiger partial charge is 0.337 e. The summed E-state index contributed by atoms with van der Waals surface area (Å²) >= 11 is 0. The fraction of sp³-hybridized carbons (Fsp3) is 0.722. The third-order valence-electron chi connectivity index (χ3n) is 6.41. The molecule has 2 heterocycles. The van der Waals surface area contributed by atoms with Gasteiger partial charge in [-0.1, -0.05) is 0 Å². The molecule has 0 bridgehead atoms. The third-order valence-corrected chi connectivity index (χ3v) is 6.41. The molecule has 0 spiro atoms. The molecule has 2 atom stereocenters. The van der Waals surface area contributed by atoms with E-state index in [1.165, 1.54) is 7.05 Å². The number of halogens is 3. The van der Waals surface area contributed by atoms with Gasteiger partial charge in [-0.25, -0.2) is 4.98 Å². The molecule has 2 unspecified atom stereocenters. The van der Waals surface area contributed by atoms with E-state index in [1.54, 1.807) is 17.4 Å². The van der Waals surface area contributed by atoms with Crippen LogP contribution < -0.4 is 0 Å². The summed E-state index contributed by atoms with van der Waals surface area (Å²) in [6.45, 7) is 4.78. The van der Waals surface area contributed by atoms with Crippen molar-refractivity contribution in [2.75, 3.05) is 20.1 Å². The molecule has 1 aromatic heterocycles. The summed E-state index contributed by atoms with van der Waals surface area (Å²) in [5, 5.41) is 0. The van der Waals surface area contributed by atoms with Crippen LogP contribution in [0.5, 0.6) is 0 Å². The van der Waals surface area contributed by atoms with E-state index in [2.05, 4.69) is 4.98 Å². The average molecular weight is 384 g/mol. The van der Waals surface area contributed by atoms with Crippen molar-refractivity contribution < 1.29 is 22.8 Å². The second-order valence-electron chi connectivity index (χ2n) is 8.29. The van der Waals surface area contributed by atoms with Crippen molar-refractivity contribution in [3.63, 3.8) is 0 Å². The molecule has 3 aliphatic rings. The maximum Gasteiger partial charge on any atom is 0.411 e. The number of likely N-dealkylation sites (tertiary alicyclic amines) is 1. The Kier molecular flexibility index (Phi) is 3.88. The number of hydrogen-bond acceptors (Lipinski definition) is 3. The van der Waals surface area contributed by atoms with Crippen LogP contribution in [0.3, 0.4) is 0 Å². The van der Waals surface area contributed by atoms with Gasteiger partial charge in [-0.15, -0.1) is 0 Å². The summed E-state index contributed by atoms with van der Waals surface area (Å²) in [5.41, 5.74) is -1.61. The lowest BCUT2D eigenvalue weighted by Gasteiger charge is -2.31. The normalized spacial score (nSPS) is 28.3. The molecule has 9 heteroatoms. The molecule has 0 radical (unpaired) electrons. The number of carbonyl (C=O) groups excluding carboxylic acids is 2. The quantitative estimate of drug-likeness (QED) is 0.801. The van der Waals surface area contributed by atoms with E-state index in [4.69, 9.17) is 0 Å². The molecule has 2 amide bonds. The van der Waals surface area contributed by atoms with Gasteiger partial charge in [-0.05, 0) is 38.5 Å². The van der Waals surface area contributed by atoms with Gasteiger partial charge in [0.15, 0.2) is 0 Å². The van der Waals surface area contributed by atoms with E-state index in [9.17, 15) is 22.8 Å². The molecule has 1 saturated heterocycles. The molecule has 6 nitrogen and oxygen atoms in total. The van der Waals surface area contributed by atoms with E-state index >= 15 is 0 Å². The Balaban J connectivity index is 1.37. The summed E-state index contributed by atoms with van der Waals surface area (Å²) in [5.74, 6) is -1.10. The van der Waals surface area contributed by atoms with Gasteiger partial charge in [0, 0.05) is 38.3 Å². The molecule has 3 fully saturated rings. The Labute approximate surface area is 155 Å². The number of imidazole rings is 1. The van der Waals surface area contributed by atoms with Crippen LogP contribution in [0.4, 0.5) is 13.2 Å². The number of aromatic nitrogens is 2. The van der Waals surface area contributed by atoms with Gasteiger partial charge < -0.3 is 14.4 Å². The highest BCUT2D eigenvalue weighted by atomic mass is 19.4. The van der Waals surface area contributed by atoms with Gasteiger partial charge >= 0.3 is 6.18 Å². The lowest BCUT2D eigenvalue weighted by atomic mass is 10.1. The predicted molar refractivity (Wildman–Crippen MR) is 89.8 cm³/mol. The molecule has 27 heavy (non-hydrogen) atoms. The number of carbonyl (C=O) groups is 2. The monoisotopic (exact) mass is 384 g/mol. The maximum atomic E-state index is 13.2. The Morgan fingerprint density at radius 2 is 1.85 bits per heavy atom. The van der Waals surface area contributed by atoms with Gasteiger partial charge in [0.2, 0.25) is 5.91 Å². The number of piperidine rings is 1. The van der Waals surface area contributed by atoms with E-state index < -0.39 is 23.5 Å². The maximum absolute atomic E-state index is 13.2. The lowest BCUT2D eigenvalue weighted by molar-refractivity contribution is -0.197. The van der Waals surface area contributed by atoms with Crippen LogP contribution in [0.15, 0.2) is 12.5 Å². The molecule has 2 saturated carbocycles. The Hall–Kier alpha value is -2.06. The standard InChI is InChI=1S/C18H23F3N4O2/c1-10(2)25-8-13(22-9-25)15(26)24-6-11-12(7-24)14(11)16(27)23(3)17(4-5-17)18(19,20)21/h8-12,14H,4-7H2,1-3H3. The Bertz CT molecular complexity index is 772. The Morgan fingerprint density at radius 1 is 1.26 bits per heavy atom. The number of amides is 2. The summed E-state index contributed by atoms with van der Waals surface area (Å²) < 4.78 is 41.6. The van der Waals surface area contributed by atoms with Crippen LogP contribution in [-0.2, 0) is 4.79 Å². The molecule has 148 valence electrons. The molecule has 0 aromatic carbocycles. The van der Waals surface area contributed by atoms with Gasteiger partial charge in [0.25, 0.3) is 5.91 Å². The van der Waals surface area contributed by atoms with Gasteiger partial charge in [-0.3, -0.25) is 9.59 Å². The summed E-state index contributed by atoms with van der Waals surface area (Å²) in [6.07, 6.45) is -1.12. The van der Waals surface area contributed by atoms with E-state index in [0.29, 0.717) is 18.8 Å². The number of alkyl halides is 3. The molecular formula is C18H23F3N4O2. The first-order valence-electron chi connectivity index (χ1n) is 9.24. The molecule has 0 N–H and O–H groups in total. The number of nitrogens with zero attached hydrogens (tertiary/aromatic N) is 4. The van der Waals surface area contributed by atoms with E-state index in [0.717, 1.165) is 4.90 Å². The van der Waals surface area contributed by atoms with Crippen LogP contribution in [0.2, 0.25) is 0 Å². The molecule has 1 aliphatic heterocycles. The van der Waals surface area contributed by atoms with Gasteiger partial charge in [-0.2, -0.15) is 13.2 Å². The second kappa shape index (κ2) is 5.72. The van der Waals surface area contributed by atoms with Crippen molar-refractivity contribution in [2.24, 2.45) is 17.8 Å². The lowest BCUT2D eigenvalue weighted by Crippen LogP contribution is -2.50. The first-order valence-corrected chi connectivity index (χ1v) is 9.24. The number of rotatable bonds is 4. The van der Waals surface area contributed by atoms with Crippen molar-refractivity contribution in [1.29, 1.82) is 0 Å². The summed E-state index contributed by atoms with van der Waals surface area (Å²) in [7, 11) is 1.26. The minimum absolute atomic E-state index is 0.0239. The van der Waals surface area contributed by atoms with Crippen molar-refractivity contribution in [1.82, 2.24) is 19.4 Å². The zero-order chi connectivity index (χ0) is 19.7. The van der Waals surface area contributed by atoms with Crippen LogP contribution in [0.25, 0.3) is 0 Å². The van der Waals surface area contributed by atoms with Crippen LogP contribution in [-0.4, -0.2) is 63.0 Å². The Morgan fingerprint density at radius 3 is 2.30 bits per heavy atom. The molecule has 2 aliphatic carbocycles. The number of hydrogen-bond donors (Lipinski definition) is 0. The van der Waals surface area contributed by atoms with Crippen molar-refractivity contribution in [3.8, 4) is 0 Å². The topological polar surface area (TPSA) is 58.4 Å². The van der Waals surface area contributed by atoms with Crippen LogP contribution >= 0.6 is 0 Å². The fourth-order valence-electron chi connectivity index (χ4n) is 4.31. The zero-order valence-corrected chi connectivity index (χ0v) is 15.5. The highest BCUT2D eigenvalue weighted by Gasteiger charge is 2.70. The first-order chi connectivity index (χ1) is 12.6. The largest absolute Gasteiger partial charge is 0.411 e. The van der Waals surface area contributed by atoms with Crippen molar-refractivity contribution in [3.05, 3.63) is 18.2 Å². The van der Waals surface area contributed by atoms with Crippen LogP contribution in [0, 0.1) is 17.8 Å². The minimum atomic E-state index is -4.39. The van der Waals surface area contributed by atoms with Crippen molar-refractivity contribution >= 4 is 11.8 Å².